The van der Waals surface area contributed by atoms with Crippen LogP contribution in [0.3, 0.4) is 0 Å². The molecule has 1 amide bonds. The summed E-state index contributed by atoms with van der Waals surface area (Å²) in [6.07, 6.45) is 0. The third-order valence-corrected chi connectivity index (χ3v) is 3.18. The minimum atomic E-state index is -0.348. The van der Waals surface area contributed by atoms with Crippen LogP contribution < -0.4 is 5.73 Å². The summed E-state index contributed by atoms with van der Waals surface area (Å²) >= 11 is 0. The van der Waals surface area contributed by atoms with Gasteiger partial charge in [-0.1, -0.05) is 12.1 Å². The Labute approximate surface area is 97.2 Å². The maximum Gasteiger partial charge on any atom is 0.239 e. The van der Waals surface area contributed by atoms with Gasteiger partial charge in [0.2, 0.25) is 5.91 Å². The average Bonchev–Trinajstić information content (AvgIpc) is 2.17. The summed E-state index contributed by atoms with van der Waals surface area (Å²) in [4.78, 5) is 13.3. The molecule has 0 aromatic heterocycles. The molecule has 0 bridgehead atoms. The highest BCUT2D eigenvalue weighted by Gasteiger charge is 2.22. The maximum atomic E-state index is 11.5. The average molecular weight is 220 g/mol. The predicted molar refractivity (Wildman–Crippen MR) is 66.3 cm³/mol. The van der Waals surface area contributed by atoms with E-state index in [1.54, 1.807) is 0 Å². The predicted octanol–water partition coefficient (Wildman–Crippen LogP) is 1.70. The molecular formula is C13H20N2O. The van der Waals surface area contributed by atoms with Crippen molar-refractivity contribution < 1.29 is 4.79 Å². The fourth-order valence-electron chi connectivity index (χ4n) is 1.96. The van der Waals surface area contributed by atoms with Crippen LogP contribution in [-0.2, 0) is 4.79 Å². The lowest BCUT2D eigenvalue weighted by Crippen LogP contribution is -2.33. The van der Waals surface area contributed by atoms with E-state index < -0.39 is 0 Å². The third kappa shape index (κ3) is 2.25. The first-order valence-electron chi connectivity index (χ1n) is 5.38. The standard InChI is InChI=1S/C13H20N2O/c1-8-6-7-11(10(3)9(8)2)12(13(14)16)15(4)5/h6-7,12H,1-5H3,(H2,14,16). The smallest absolute Gasteiger partial charge is 0.239 e. The zero-order valence-corrected chi connectivity index (χ0v) is 10.7. The lowest BCUT2D eigenvalue weighted by Gasteiger charge is -2.24. The number of primary amides is 1. The molecule has 0 aliphatic rings. The molecule has 3 nitrogen and oxygen atoms in total. The monoisotopic (exact) mass is 220 g/mol. The van der Waals surface area contributed by atoms with Crippen molar-refractivity contribution in [3.05, 3.63) is 34.4 Å². The summed E-state index contributed by atoms with van der Waals surface area (Å²) in [5.41, 5.74) is 10.1. The van der Waals surface area contributed by atoms with E-state index in [2.05, 4.69) is 13.8 Å². The Balaban J connectivity index is 3.31. The van der Waals surface area contributed by atoms with E-state index >= 15 is 0 Å². The van der Waals surface area contributed by atoms with E-state index in [4.69, 9.17) is 5.73 Å². The minimum Gasteiger partial charge on any atom is -0.368 e. The number of carbonyl (C=O) groups excluding carboxylic acids is 1. The van der Waals surface area contributed by atoms with E-state index in [-0.39, 0.29) is 11.9 Å². The van der Waals surface area contributed by atoms with Gasteiger partial charge in [-0.25, -0.2) is 0 Å². The molecule has 0 saturated carbocycles. The van der Waals surface area contributed by atoms with Crippen molar-refractivity contribution in [3.8, 4) is 0 Å². The van der Waals surface area contributed by atoms with Gasteiger partial charge in [-0.2, -0.15) is 0 Å². The topological polar surface area (TPSA) is 46.3 Å². The largest absolute Gasteiger partial charge is 0.368 e. The zero-order chi connectivity index (χ0) is 12.5. The quantitative estimate of drug-likeness (QED) is 0.842. The first-order valence-corrected chi connectivity index (χ1v) is 5.38. The highest BCUT2D eigenvalue weighted by Crippen LogP contribution is 2.25. The summed E-state index contributed by atoms with van der Waals surface area (Å²) < 4.78 is 0. The molecule has 0 spiro atoms. The van der Waals surface area contributed by atoms with Crippen LogP contribution in [0.25, 0.3) is 0 Å². The number of nitrogens with two attached hydrogens (primary N) is 1. The first-order chi connectivity index (χ1) is 7.36. The number of aryl methyl sites for hydroxylation is 1. The molecule has 0 fully saturated rings. The summed E-state index contributed by atoms with van der Waals surface area (Å²) in [7, 11) is 3.73. The van der Waals surface area contributed by atoms with Gasteiger partial charge in [-0.05, 0) is 57.1 Å². The molecule has 16 heavy (non-hydrogen) atoms. The molecule has 0 heterocycles. The van der Waals surface area contributed by atoms with Crippen LogP contribution in [0.2, 0.25) is 0 Å². The van der Waals surface area contributed by atoms with E-state index in [0.717, 1.165) is 11.1 Å². The molecular weight excluding hydrogens is 200 g/mol. The van der Waals surface area contributed by atoms with Crippen LogP contribution in [0.4, 0.5) is 0 Å². The summed E-state index contributed by atoms with van der Waals surface area (Å²) in [5.74, 6) is -0.309. The van der Waals surface area contributed by atoms with Crippen LogP contribution in [0.5, 0.6) is 0 Å². The van der Waals surface area contributed by atoms with E-state index in [9.17, 15) is 4.79 Å². The normalized spacial score (nSPS) is 12.9. The van der Waals surface area contributed by atoms with Crippen molar-refractivity contribution in [1.29, 1.82) is 0 Å². The number of rotatable bonds is 3. The van der Waals surface area contributed by atoms with Gasteiger partial charge in [-0.3, -0.25) is 9.69 Å². The Kier molecular flexibility index (Phi) is 3.70. The zero-order valence-electron chi connectivity index (χ0n) is 10.7. The first kappa shape index (κ1) is 12.7. The van der Waals surface area contributed by atoms with Gasteiger partial charge in [0.15, 0.2) is 0 Å². The third-order valence-electron chi connectivity index (χ3n) is 3.18. The van der Waals surface area contributed by atoms with Gasteiger partial charge in [-0.15, -0.1) is 0 Å². The van der Waals surface area contributed by atoms with E-state index in [1.165, 1.54) is 11.1 Å². The lowest BCUT2D eigenvalue weighted by molar-refractivity contribution is -0.122. The maximum absolute atomic E-state index is 11.5. The van der Waals surface area contributed by atoms with Crippen molar-refractivity contribution in [1.82, 2.24) is 4.90 Å². The molecule has 2 N–H and O–H groups in total. The fraction of sp³-hybridized carbons (Fsp3) is 0.462. The second-order valence-electron chi connectivity index (χ2n) is 4.49. The Bertz CT molecular complexity index is 411. The van der Waals surface area contributed by atoms with Gasteiger partial charge in [0.05, 0.1) is 0 Å². The van der Waals surface area contributed by atoms with Crippen molar-refractivity contribution in [3.63, 3.8) is 0 Å². The Morgan fingerprint density at radius 3 is 2.19 bits per heavy atom. The molecule has 0 saturated heterocycles. The number of nitrogens with zero attached hydrogens (tertiary/aromatic N) is 1. The van der Waals surface area contributed by atoms with Crippen molar-refractivity contribution in [2.45, 2.75) is 26.8 Å². The molecule has 0 radical (unpaired) electrons. The Morgan fingerprint density at radius 2 is 1.75 bits per heavy atom. The van der Waals surface area contributed by atoms with Gasteiger partial charge in [0, 0.05) is 0 Å². The lowest BCUT2D eigenvalue weighted by atomic mass is 9.93. The number of benzene rings is 1. The van der Waals surface area contributed by atoms with Crippen LogP contribution in [-0.4, -0.2) is 24.9 Å². The van der Waals surface area contributed by atoms with Crippen molar-refractivity contribution >= 4 is 5.91 Å². The number of hydrogen-bond acceptors (Lipinski definition) is 2. The van der Waals surface area contributed by atoms with Gasteiger partial charge in [0.1, 0.15) is 6.04 Å². The number of likely N-dealkylation sites (N-methyl/N-ethyl adjacent to an activating group) is 1. The number of hydrogen-bond donors (Lipinski definition) is 1. The molecule has 1 aromatic carbocycles. The highest BCUT2D eigenvalue weighted by molar-refractivity contribution is 5.82. The summed E-state index contributed by atoms with van der Waals surface area (Å²) in [5, 5.41) is 0. The van der Waals surface area contributed by atoms with E-state index in [1.807, 2.05) is 38.1 Å². The Hall–Kier alpha value is -1.35. The van der Waals surface area contributed by atoms with Crippen molar-refractivity contribution in [2.24, 2.45) is 5.73 Å². The second kappa shape index (κ2) is 4.66. The highest BCUT2D eigenvalue weighted by atomic mass is 16.1. The molecule has 0 aliphatic carbocycles. The SMILES string of the molecule is Cc1ccc(C(C(N)=O)N(C)C)c(C)c1C. The van der Waals surface area contributed by atoms with Crippen LogP contribution >= 0.6 is 0 Å². The van der Waals surface area contributed by atoms with Crippen LogP contribution in [0.1, 0.15) is 28.3 Å². The van der Waals surface area contributed by atoms with Crippen molar-refractivity contribution in [2.75, 3.05) is 14.1 Å². The summed E-state index contributed by atoms with van der Waals surface area (Å²) in [6.45, 7) is 6.18. The van der Waals surface area contributed by atoms with Crippen LogP contribution in [0, 0.1) is 20.8 Å². The van der Waals surface area contributed by atoms with Crippen LogP contribution in [0.15, 0.2) is 12.1 Å². The molecule has 3 heteroatoms. The molecule has 1 aromatic rings. The minimum absolute atomic E-state index is 0.309. The molecule has 1 rings (SSSR count). The number of amides is 1. The molecule has 0 aliphatic heterocycles. The molecule has 1 unspecified atom stereocenters. The molecule has 88 valence electrons. The van der Waals surface area contributed by atoms with E-state index in [0.29, 0.717) is 0 Å². The fourth-order valence-corrected chi connectivity index (χ4v) is 1.96. The number of carbonyl (C=O) groups is 1. The molecule has 1 atom stereocenters. The van der Waals surface area contributed by atoms with Gasteiger partial charge < -0.3 is 5.73 Å². The van der Waals surface area contributed by atoms with Gasteiger partial charge in [0.25, 0.3) is 0 Å². The summed E-state index contributed by atoms with van der Waals surface area (Å²) in [6, 6.07) is 3.68. The second-order valence-corrected chi connectivity index (χ2v) is 4.49. The Morgan fingerprint density at radius 1 is 1.19 bits per heavy atom. The van der Waals surface area contributed by atoms with Gasteiger partial charge >= 0.3 is 0 Å².